The molecule has 1 N–H and O–H groups in total. The number of ketones is 1. The molecule has 2 rings (SSSR count). The van der Waals surface area contributed by atoms with Crippen LogP contribution in [-0.4, -0.2) is 117 Å². The van der Waals surface area contributed by atoms with Gasteiger partial charge in [-0.2, -0.15) is 0 Å². The fraction of sp³-hybridized carbons (Fsp3) is 0.750. The summed E-state index contributed by atoms with van der Waals surface area (Å²) in [5, 5.41) is 3.05. The highest BCUT2D eigenvalue weighted by Crippen LogP contribution is 2.31. The van der Waals surface area contributed by atoms with Crippen molar-refractivity contribution >= 4 is 23.5 Å². The van der Waals surface area contributed by atoms with Gasteiger partial charge in [0.15, 0.2) is 5.78 Å². The van der Waals surface area contributed by atoms with E-state index in [1.54, 1.807) is 26.2 Å². The highest BCUT2D eigenvalue weighted by Gasteiger charge is 2.43. The fourth-order valence-electron chi connectivity index (χ4n) is 7.91. The number of methoxy groups -OCH3 is 2. The first-order valence-electron chi connectivity index (χ1n) is 18.7. The Labute approximate surface area is 303 Å². The van der Waals surface area contributed by atoms with Gasteiger partial charge in [-0.1, -0.05) is 85.2 Å². The Bertz CT molecular complexity index is 1200. The van der Waals surface area contributed by atoms with Gasteiger partial charge < -0.3 is 24.6 Å². The monoisotopic (exact) mass is 701 g/mol. The lowest BCUT2D eigenvalue weighted by molar-refractivity contribution is -0.149. The zero-order chi connectivity index (χ0) is 37.7. The number of ether oxygens (including phenoxy) is 2. The number of amides is 3. The van der Waals surface area contributed by atoms with E-state index in [1.807, 2.05) is 88.8 Å². The largest absolute Gasteiger partial charge is 0.379 e. The Balaban J connectivity index is 2.21. The number of hydrogen-bond donors (Lipinski definition) is 1. The molecular formula is C40H68N4O6. The molecule has 0 aromatic heterocycles. The van der Waals surface area contributed by atoms with Crippen LogP contribution in [0.5, 0.6) is 0 Å². The van der Waals surface area contributed by atoms with Crippen molar-refractivity contribution in [2.75, 3.05) is 48.5 Å². The molecule has 3 amide bonds. The number of Topliss-reactive ketones (excluding diaryl/α,β-unsaturated/α-hetero) is 1. The molecule has 0 saturated carbocycles. The Hall–Kier alpha value is -2.82. The van der Waals surface area contributed by atoms with E-state index in [1.165, 1.54) is 0 Å². The van der Waals surface area contributed by atoms with Crippen LogP contribution in [0.1, 0.15) is 86.1 Å². The summed E-state index contributed by atoms with van der Waals surface area (Å²) >= 11 is 0. The molecule has 1 heterocycles. The summed E-state index contributed by atoms with van der Waals surface area (Å²) in [6.07, 6.45) is 2.32. The Morgan fingerprint density at radius 3 is 2.08 bits per heavy atom. The summed E-state index contributed by atoms with van der Waals surface area (Å²) in [7, 11) is 8.80. The highest BCUT2D eigenvalue weighted by molar-refractivity contribution is 5.90. The lowest BCUT2D eigenvalue weighted by Crippen LogP contribution is -2.54. The van der Waals surface area contributed by atoms with Crippen LogP contribution < -0.4 is 5.32 Å². The first kappa shape index (κ1) is 43.3. The smallest absolute Gasteiger partial charge is 0.226 e. The number of likely N-dealkylation sites (tertiary alicyclic amines) is 1. The molecule has 10 heteroatoms. The van der Waals surface area contributed by atoms with Gasteiger partial charge in [-0.15, -0.1) is 0 Å². The van der Waals surface area contributed by atoms with Gasteiger partial charge in [-0.3, -0.25) is 24.1 Å². The van der Waals surface area contributed by atoms with Crippen molar-refractivity contribution in [2.24, 2.45) is 29.6 Å². The van der Waals surface area contributed by atoms with E-state index in [9.17, 15) is 19.2 Å². The van der Waals surface area contributed by atoms with E-state index in [-0.39, 0.29) is 72.2 Å². The topological polar surface area (TPSA) is 108 Å². The number of carbonyl (C=O) groups excluding carboxylic acids is 4. The summed E-state index contributed by atoms with van der Waals surface area (Å²) in [6, 6.07) is 9.14. The molecule has 50 heavy (non-hydrogen) atoms. The van der Waals surface area contributed by atoms with E-state index in [4.69, 9.17) is 9.47 Å². The van der Waals surface area contributed by atoms with Gasteiger partial charge in [0.1, 0.15) is 0 Å². The maximum Gasteiger partial charge on any atom is 0.226 e. The van der Waals surface area contributed by atoms with Crippen LogP contribution in [0.2, 0.25) is 0 Å². The van der Waals surface area contributed by atoms with Crippen LogP contribution in [0.3, 0.4) is 0 Å². The number of carbonyl (C=O) groups is 4. The molecule has 1 aromatic rings. The summed E-state index contributed by atoms with van der Waals surface area (Å²) in [5.74, 6) is -1.03. The summed E-state index contributed by atoms with van der Waals surface area (Å²) in [4.78, 5) is 60.6. The van der Waals surface area contributed by atoms with Crippen molar-refractivity contribution in [1.29, 1.82) is 0 Å². The highest BCUT2D eigenvalue weighted by atomic mass is 16.5. The zero-order valence-corrected chi connectivity index (χ0v) is 33.1. The first-order chi connectivity index (χ1) is 23.6. The molecule has 0 aliphatic carbocycles. The molecule has 284 valence electrons. The number of rotatable bonds is 21. The quantitative estimate of drug-likeness (QED) is 0.191. The van der Waals surface area contributed by atoms with E-state index >= 15 is 0 Å². The minimum atomic E-state index is -0.555. The van der Waals surface area contributed by atoms with Gasteiger partial charge in [0.25, 0.3) is 0 Å². The Kier molecular flexibility index (Phi) is 18.1. The molecular weight excluding hydrogens is 632 g/mol. The van der Waals surface area contributed by atoms with Crippen molar-refractivity contribution in [1.82, 2.24) is 20.0 Å². The lowest BCUT2D eigenvalue weighted by Gasteiger charge is -2.41. The predicted molar refractivity (Wildman–Crippen MR) is 200 cm³/mol. The number of nitrogens with one attached hydrogen (secondary N) is 1. The third kappa shape index (κ3) is 11.6. The molecule has 1 saturated heterocycles. The van der Waals surface area contributed by atoms with Gasteiger partial charge >= 0.3 is 0 Å². The number of likely N-dealkylation sites (N-methyl/N-ethyl adjacent to an activating group) is 2. The Morgan fingerprint density at radius 1 is 0.920 bits per heavy atom. The molecule has 1 fully saturated rings. The van der Waals surface area contributed by atoms with Gasteiger partial charge in [0, 0.05) is 46.7 Å². The average molecular weight is 701 g/mol. The fourth-order valence-corrected chi connectivity index (χ4v) is 7.91. The van der Waals surface area contributed by atoms with Crippen molar-refractivity contribution in [3.63, 3.8) is 0 Å². The summed E-state index contributed by atoms with van der Waals surface area (Å²) in [5.41, 5.74) is 1.16. The summed E-state index contributed by atoms with van der Waals surface area (Å²) in [6.45, 7) is 15.2. The van der Waals surface area contributed by atoms with Crippen LogP contribution in [0.15, 0.2) is 30.3 Å². The third-order valence-electron chi connectivity index (χ3n) is 10.9. The van der Waals surface area contributed by atoms with E-state index in [0.717, 1.165) is 31.2 Å². The normalized spacial score (nSPS) is 19.2. The molecule has 2 unspecified atom stereocenters. The SMILES string of the molecule is CC[C@H](C)[C@@H](C(CC(=O)N1CCC[C@H]1[C@H](OC)[C@@H](C)C(=O)NCCc1ccccc1)OC)N(C)C(=O)[C@@H](CC(=O)C(C(C)C)N(C)C)C(C)C. The van der Waals surface area contributed by atoms with E-state index in [2.05, 4.69) is 19.2 Å². The van der Waals surface area contributed by atoms with Gasteiger partial charge in [0.05, 0.1) is 42.7 Å². The second-order valence-electron chi connectivity index (χ2n) is 15.3. The molecule has 0 spiro atoms. The van der Waals surface area contributed by atoms with Crippen molar-refractivity contribution in [3.05, 3.63) is 35.9 Å². The zero-order valence-electron chi connectivity index (χ0n) is 33.1. The number of benzene rings is 1. The minimum absolute atomic E-state index is 0.0381. The van der Waals surface area contributed by atoms with E-state index in [0.29, 0.717) is 13.1 Å². The van der Waals surface area contributed by atoms with Gasteiger partial charge in [0.2, 0.25) is 17.7 Å². The first-order valence-corrected chi connectivity index (χ1v) is 18.7. The van der Waals surface area contributed by atoms with Crippen LogP contribution in [0, 0.1) is 29.6 Å². The van der Waals surface area contributed by atoms with Crippen LogP contribution >= 0.6 is 0 Å². The molecule has 0 bridgehead atoms. The van der Waals surface area contributed by atoms with Gasteiger partial charge in [-0.05, 0) is 56.7 Å². The van der Waals surface area contributed by atoms with E-state index < -0.39 is 24.0 Å². The minimum Gasteiger partial charge on any atom is -0.379 e. The Morgan fingerprint density at radius 2 is 1.56 bits per heavy atom. The molecule has 1 aromatic carbocycles. The molecule has 1 aliphatic heterocycles. The van der Waals surface area contributed by atoms with Crippen LogP contribution in [0.4, 0.5) is 0 Å². The second kappa shape index (κ2) is 20.9. The van der Waals surface area contributed by atoms with Crippen LogP contribution in [0.25, 0.3) is 0 Å². The molecule has 1 aliphatic rings. The number of nitrogens with zero attached hydrogens (tertiary/aromatic N) is 3. The van der Waals surface area contributed by atoms with Gasteiger partial charge in [-0.25, -0.2) is 0 Å². The average Bonchev–Trinajstić information content (AvgIpc) is 3.56. The van der Waals surface area contributed by atoms with Crippen molar-refractivity contribution in [3.8, 4) is 0 Å². The summed E-state index contributed by atoms with van der Waals surface area (Å²) < 4.78 is 12.0. The molecule has 0 radical (unpaired) electrons. The lowest BCUT2D eigenvalue weighted by atomic mass is 9.83. The van der Waals surface area contributed by atoms with Crippen molar-refractivity contribution in [2.45, 2.75) is 117 Å². The molecule has 10 nitrogen and oxygen atoms in total. The second-order valence-corrected chi connectivity index (χ2v) is 15.3. The standard InChI is InChI=1S/C40H68N4O6/c1-13-28(6)37(43(10)40(48)31(26(2)3)24-33(45)36(27(4)5)42(8)9)34(49-11)25-35(46)44-23-17-20-32(44)38(50-12)29(7)39(47)41-22-21-30-18-15-14-16-19-30/h14-16,18-19,26-29,31-32,34,36-38H,13,17,20-25H2,1-12H3,(H,41,47)/t28-,29+,31-,32-,34?,36?,37-,38+/m0/s1. The van der Waals surface area contributed by atoms with Crippen LogP contribution in [-0.2, 0) is 35.1 Å². The van der Waals surface area contributed by atoms with Crippen molar-refractivity contribution < 1.29 is 28.7 Å². The molecule has 8 atom stereocenters. The maximum atomic E-state index is 14.2. The number of hydrogen-bond acceptors (Lipinski definition) is 7. The predicted octanol–water partition coefficient (Wildman–Crippen LogP) is 5.08. The third-order valence-corrected chi connectivity index (χ3v) is 10.9. The maximum absolute atomic E-state index is 14.2.